The lowest BCUT2D eigenvalue weighted by atomic mass is 10.2. The van der Waals surface area contributed by atoms with Crippen molar-refractivity contribution < 1.29 is 15.1 Å². The molecule has 0 saturated carbocycles. The third kappa shape index (κ3) is 3.02. The van der Waals surface area contributed by atoms with Gasteiger partial charge in [0.15, 0.2) is 5.75 Å². The van der Waals surface area contributed by atoms with E-state index in [1.54, 1.807) is 12.1 Å². The van der Waals surface area contributed by atoms with Gasteiger partial charge in [-0.05, 0) is 12.1 Å². The highest BCUT2D eigenvalue weighted by Gasteiger charge is 2.16. The van der Waals surface area contributed by atoms with Gasteiger partial charge in [-0.15, -0.1) is 0 Å². The normalized spacial score (nSPS) is 10.6. The predicted molar refractivity (Wildman–Crippen MR) is 74.1 cm³/mol. The van der Waals surface area contributed by atoms with E-state index in [2.05, 4.69) is 10.5 Å². The Bertz CT molecular complexity index is 656. The highest BCUT2D eigenvalue weighted by Crippen LogP contribution is 2.31. The molecule has 0 aliphatic rings. The van der Waals surface area contributed by atoms with Crippen molar-refractivity contribution in [3.05, 3.63) is 58.1 Å². The number of hydrazone groups is 1. The number of aromatic hydroxyl groups is 2. The molecule has 7 heteroatoms. The molecule has 2 aromatic rings. The number of nitro benzene ring substituents is 1. The molecule has 2 aromatic carbocycles. The van der Waals surface area contributed by atoms with Crippen LogP contribution in [0.5, 0.6) is 11.5 Å². The van der Waals surface area contributed by atoms with Crippen molar-refractivity contribution in [3.63, 3.8) is 0 Å². The zero-order valence-electron chi connectivity index (χ0n) is 10.2. The zero-order valence-corrected chi connectivity index (χ0v) is 10.2. The molecule has 102 valence electrons. The first-order chi connectivity index (χ1) is 9.58. The summed E-state index contributed by atoms with van der Waals surface area (Å²) in [4.78, 5) is 9.95. The third-order valence-electron chi connectivity index (χ3n) is 2.49. The number of phenols is 2. The van der Waals surface area contributed by atoms with Crippen LogP contribution < -0.4 is 5.43 Å². The van der Waals surface area contributed by atoms with Crippen molar-refractivity contribution in [2.75, 3.05) is 5.43 Å². The molecule has 0 aliphatic heterocycles. The summed E-state index contributed by atoms with van der Waals surface area (Å²) in [7, 11) is 0. The van der Waals surface area contributed by atoms with Crippen LogP contribution in [0.3, 0.4) is 0 Å². The van der Waals surface area contributed by atoms with Crippen molar-refractivity contribution in [1.82, 2.24) is 0 Å². The van der Waals surface area contributed by atoms with E-state index in [0.29, 0.717) is 0 Å². The van der Waals surface area contributed by atoms with Gasteiger partial charge in [-0.2, -0.15) is 5.10 Å². The largest absolute Gasteiger partial charge is 0.507 e. The van der Waals surface area contributed by atoms with Gasteiger partial charge in [0, 0.05) is 17.7 Å². The minimum Gasteiger partial charge on any atom is -0.507 e. The summed E-state index contributed by atoms with van der Waals surface area (Å²) in [6.45, 7) is 0. The summed E-state index contributed by atoms with van der Waals surface area (Å²) in [5.74, 6) is -0.896. The average Bonchev–Trinajstić information content (AvgIpc) is 2.42. The topological polar surface area (TPSA) is 108 Å². The Balaban J connectivity index is 2.21. The first-order valence-corrected chi connectivity index (χ1v) is 5.62. The number of nitrogens with one attached hydrogen (secondary N) is 1. The number of anilines is 1. The Morgan fingerprint density at radius 2 is 1.85 bits per heavy atom. The fourth-order valence-electron chi connectivity index (χ4n) is 1.52. The Hall–Kier alpha value is -3.09. The molecule has 0 radical (unpaired) electrons. The van der Waals surface area contributed by atoms with E-state index >= 15 is 0 Å². The molecule has 0 spiro atoms. The number of phenolic OH excluding ortho intramolecular Hbond substituents is 2. The smallest absolute Gasteiger partial charge is 0.311 e. The number of rotatable bonds is 4. The van der Waals surface area contributed by atoms with Gasteiger partial charge in [0.25, 0.3) is 0 Å². The van der Waals surface area contributed by atoms with Crippen molar-refractivity contribution in [1.29, 1.82) is 0 Å². The van der Waals surface area contributed by atoms with Gasteiger partial charge >= 0.3 is 5.69 Å². The molecule has 3 N–H and O–H groups in total. The van der Waals surface area contributed by atoms with E-state index < -0.39 is 16.4 Å². The van der Waals surface area contributed by atoms with E-state index in [1.807, 2.05) is 18.2 Å². The zero-order chi connectivity index (χ0) is 14.5. The number of hydrogen-bond donors (Lipinski definition) is 3. The summed E-state index contributed by atoms with van der Waals surface area (Å²) < 4.78 is 0. The van der Waals surface area contributed by atoms with Gasteiger partial charge in [0.2, 0.25) is 0 Å². The van der Waals surface area contributed by atoms with Crippen LogP contribution in [0.4, 0.5) is 11.4 Å². The molecule has 0 aliphatic carbocycles. The van der Waals surface area contributed by atoms with Crippen LogP contribution in [-0.4, -0.2) is 21.4 Å². The molecule has 7 nitrogen and oxygen atoms in total. The summed E-state index contributed by atoms with van der Waals surface area (Å²) >= 11 is 0. The lowest BCUT2D eigenvalue weighted by Crippen LogP contribution is -1.94. The summed E-state index contributed by atoms with van der Waals surface area (Å²) in [6, 6.07) is 11.0. The molecule has 0 bridgehead atoms. The Labute approximate surface area is 114 Å². The number of benzene rings is 2. The monoisotopic (exact) mass is 273 g/mol. The van der Waals surface area contributed by atoms with Crippen molar-refractivity contribution in [2.24, 2.45) is 5.10 Å². The van der Waals surface area contributed by atoms with Crippen LogP contribution in [0, 0.1) is 10.1 Å². The molecule has 0 heterocycles. The maximum absolute atomic E-state index is 10.7. The van der Waals surface area contributed by atoms with E-state index in [-0.39, 0.29) is 11.3 Å². The Kier molecular flexibility index (Phi) is 3.80. The first kappa shape index (κ1) is 13.3. The molecule has 0 aromatic heterocycles. The maximum atomic E-state index is 10.7. The van der Waals surface area contributed by atoms with Crippen LogP contribution in [0.25, 0.3) is 0 Å². The second kappa shape index (κ2) is 5.70. The molecule has 0 unspecified atom stereocenters. The SMILES string of the molecule is O=[N+]([O-])c1cc(/C=N/Nc2ccccc2)c(O)cc1O. The standard InChI is InChI=1S/C13H11N3O4/c17-12-7-13(18)11(16(19)20)6-9(12)8-14-15-10-4-2-1-3-5-10/h1-8,15,17-18H/b14-8+. The van der Waals surface area contributed by atoms with Crippen LogP contribution in [0.15, 0.2) is 47.6 Å². The molecule has 0 amide bonds. The van der Waals surface area contributed by atoms with Gasteiger partial charge in [-0.25, -0.2) is 0 Å². The third-order valence-corrected chi connectivity index (χ3v) is 2.49. The second-order valence-electron chi connectivity index (χ2n) is 3.89. The number of nitrogens with zero attached hydrogens (tertiary/aromatic N) is 2. The minimum absolute atomic E-state index is 0.123. The van der Waals surface area contributed by atoms with Gasteiger partial charge in [-0.3, -0.25) is 15.5 Å². The summed E-state index contributed by atoms with van der Waals surface area (Å²) in [5.41, 5.74) is 3.07. The predicted octanol–water partition coefficient (Wildman–Crippen LogP) is 2.45. The summed E-state index contributed by atoms with van der Waals surface area (Å²) in [5, 5.41) is 33.5. The van der Waals surface area contributed by atoms with Gasteiger partial charge in [-0.1, -0.05) is 18.2 Å². The summed E-state index contributed by atoms with van der Waals surface area (Å²) in [6.07, 6.45) is 1.23. The second-order valence-corrected chi connectivity index (χ2v) is 3.89. The van der Waals surface area contributed by atoms with Crippen LogP contribution in [0.2, 0.25) is 0 Å². The van der Waals surface area contributed by atoms with Crippen molar-refractivity contribution in [3.8, 4) is 11.5 Å². The van der Waals surface area contributed by atoms with Crippen molar-refractivity contribution in [2.45, 2.75) is 0 Å². The van der Waals surface area contributed by atoms with Crippen LogP contribution >= 0.6 is 0 Å². The number of nitro groups is 1. The fourth-order valence-corrected chi connectivity index (χ4v) is 1.52. The van der Waals surface area contributed by atoms with Gasteiger partial charge in [0.1, 0.15) is 5.75 Å². The Morgan fingerprint density at radius 3 is 2.50 bits per heavy atom. The highest BCUT2D eigenvalue weighted by molar-refractivity contribution is 5.86. The van der Waals surface area contributed by atoms with E-state index in [9.17, 15) is 20.3 Å². The van der Waals surface area contributed by atoms with E-state index in [4.69, 9.17) is 0 Å². The van der Waals surface area contributed by atoms with Crippen LogP contribution in [0.1, 0.15) is 5.56 Å². The molecule has 0 saturated heterocycles. The maximum Gasteiger partial charge on any atom is 0.311 e. The minimum atomic E-state index is -0.739. The van der Waals surface area contributed by atoms with Crippen molar-refractivity contribution >= 4 is 17.6 Å². The van der Waals surface area contributed by atoms with Gasteiger partial charge in [0.05, 0.1) is 16.8 Å². The lowest BCUT2D eigenvalue weighted by molar-refractivity contribution is -0.385. The van der Waals surface area contributed by atoms with Crippen LogP contribution in [-0.2, 0) is 0 Å². The van der Waals surface area contributed by atoms with E-state index in [1.165, 1.54) is 6.21 Å². The molecular formula is C13H11N3O4. The average molecular weight is 273 g/mol. The first-order valence-electron chi connectivity index (χ1n) is 5.62. The molecule has 2 rings (SSSR count). The Morgan fingerprint density at radius 1 is 1.15 bits per heavy atom. The van der Waals surface area contributed by atoms with E-state index in [0.717, 1.165) is 17.8 Å². The van der Waals surface area contributed by atoms with Gasteiger partial charge < -0.3 is 10.2 Å². The molecule has 20 heavy (non-hydrogen) atoms. The number of hydrogen-bond acceptors (Lipinski definition) is 6. The quantitative estimate of drug-likeness (QED) is 0.450. The highest BCUT2D eigenvalue weighted by atomic mass is 16.6. The lowest BCUT2D eigenvalue weighted by Gasteiger charge is -2.02. The number of para-hydroxylation sites is 1. The molecule has 0 atom stereocenters. The fraction of sp³-hybridized carbons (Fsp3) is 0. The molecular weight excluding hydrogens is 262 g/mol. The molecule has 0 fully saturated rings.